The molecule has 0 spiro atoms. The molecule has 2 aromatic carbocycles. The van der Waals surface area contributed by atoms with Crippen molar-refractivity contribution in [3.8, 4) is 5.75 Å². The first kappa shape index (κ1) is 21.2. The van der Waals surface area contributed by atoms with Crippen molar-refractivity contribution >= 4 is 44.9 Å². The number of rotatable bonds is 6. The zero-order chi connectivity index (χ0) is 20.9. The first-order valence-electron chi connectivity index (χ1n) is 10.3. The molecule has 1 aliphatic heterocycles. The highest BCUT2D eigenvalue weighted by atomic mass is 79.9. The minimum absolute atomic E-state index is 0.147. The number of carbonyl (C=O) groups excluding carboxylic acids is 2. The van der Waals surface area contributed by atoms with Gasteiger partial charge in [0.2, 0.25) is 0 Å². The zero-order valence-electron chi connectivity index (χ0n) is 16.7. The van der Waals surface area contributed by atoms with E-state index in [-0.39, 0.29) is 11.1 Å². The maximum atomic E-state index is 12.7. The van der Waals surface area contributed by atoms with Gasteiger partial charge in [-0.05, 0) is 72.0 Å². The molecule has 2 aliphatic rings. The van der Waals surface area contributed by atoms with E-state index in [1.807, 2.05) is 48.5 Å². The minimum Gasteiger partial charge on any atom is -0.489 e. The SMILES string of the molecule is O=C1S/C(=C/c2ccc(OCc3ccc(Br)cc3)cc2)C(=O)N1CC1CCCCC1. The van der Waals surface area contributed by atoms with Gasteiger partial charge < -0.3 is 4.74 Å². The number of hydrogen-bond acceptors (Lipinski definition) is 4. The molecule has 4 nitrogen and oxygen atoms in total. The molecule has 6 heteroatoms. The summed E-state index contributed by atoms with van der Waals surface area (Å²) in [5.74, 6) is 1.06. The quantitative estimate of drug-likeness (QED) is 0.429. The normalized spacial score (nSPS) is 19.0. The fourth-order valence-corrected chi connectivity index (χ4v) is 4.96. The summed E-state index contributed by atoms with van der Waals surface area (Å²) in [6.07, 6.45) is 7.69. The summed E-state index contributed by atoms with van der Waals surface area (Å²) in [4.78, 5) is 27.0. The van der Waals surface area contributed by atoms with E-state index in [1.54, 1.807) is 6.08 Å². The molecule has 1 saturated carbocycles. The number of thioether (sulfide) groups is 1. The van der Waals surface area contributed by atoms with Gasteiger partial charge in [-0.3, -0.25) is 14.5 Å². The van der Waals surface area contributed by atoms with Gasteiger partial charge in [0, 0.05) is 11.0 Å². The van der Waals surface area contributed by atoms with Crippen LogP contribution in [-0.4, -0.2) is 22.6 Å². The van der Waals surface area contributed by atoms with Crippen LogP contribution in [0.15, 0.2) is 57.9 Å². The molecule has 0 radical (unpaired) electrons. The van der Waals surface area contributed by atoms with Crippen molar-refractivity contribution < 1.29 is 14.3 Å². The van der Waals surface area contributed by atoms with Gasteiger partial charge in [-0.2, -0.15) is 0 Å². The molecule has 2 aromatic rings. The molecule has 4 rings (SSSR count). The Morgan fingerprint density at radius 3 is 2.40 bits per heavy atom. The number of hydrogen-bond donors (Lipinski definition) is 0. The Bertz CT molecular complexity index is 934. The third kappa shape index (κ3) is 5.35. The Kier molecular flexibility index (Phi) is 6.95. The largest absolute Gasteiger partial charge is 0.489 e. The average molecular weight is 486 g/mol. The predicted octanol–water partition coefficient (Wildman–Crippen LogP) is 6.64. The number of ether oxygens (including phenoxy) is 1. The molecule has 0 bridgehead atoms. The summed E-state index contributed by atoms with van der Waals surface area (Å²) < 4.78 is 6.87. The van der Waals surface area contributed by atoms with Gasteiger partial charge in [-0.15, -0.1) is 0 Å². The molecule has 1 saturated heterocycles. The van der Waals surface area contributed by atoms with Crippen molar-refractivity contribution in [3.05, 3.63) is 69.0 Å². The Hall–Kier alpha value is -2.05. The van der Waals surface area contributed by atoms with Gasteiger partial charge >= 0.3 is 0 Å². The highest BCUT2D eigenvalue weighted by molar-refractivity contribution is 9.10. The molecular weight excluding hydrogens is 462 g/mol. The molecule has 0 aromatic heterocycles. The van der Waals surface area contributed by atoms with Gasteiger partial charge in [0.1, 0.15) is 12.4 Å². The van der Waals surface area contributed by atoms with Crippen LogP contribution in [0.2, 0.25) is 0 Å². The number of carbonyl (C=O) groups is 2. The first-order valence-corrected chi connectivity index (χ1v) is 11.9. The van der Waals surface area contributed by atoms with Gasteiger partial charge in [-0.1, -0.05) is 59.5 Å². The molecule has 30 heavy (non-hydrogen) atoms. The lowest BCUT2D eigenvalue weighted by Gasteiger charge is -2.25. The lowest BCUT2D eigenvalue weighted by Crippen LogP contribution is -2.34. The summed E-state index contributed by atoms with van der Waals surface area (Å²) in [7, 11) is 0. The Balaban J connectivity index is 1.36. The molecule has 1 heterocycles. The second-order valence-electron chi connectivity index (χ2n) is 7.78. The standard InChI is InChI=1S/C24H24BrNO3S/c25-20-10-6-19(7-11-20)16-29-21-12-8-17(9-13-21)14-22-23(27)26(24(28)30-22)15-18-4-2-1-3-5-18/h6-14,18H,1-5,15-16H2/b22-14+. The van der Waals surface area contributed by atoms with E-state index in [9.17, 15) is 9.59 Å². The van der Waals surface area contributed by atoms with Crippen molar-refractivity contribution in [1.29, 1.82) is 0 Å². The molecule has 0 unspecified atom stereocenters. The Morgan fingerprint density at radius 2 is 1.70 bits per heavy atom. The smallest absolute Gasteiger partial charge is 0.293 e. The van der Waals surface area contributed by atoms with Crippen LogP contribution in [0.5, 0.6) is 5.75 Å². The zero-order valence-corrected chi connectivity index (χ0v) is 19.1. The van der Waals surface area contributed by atoms with Crippen LogP contribution in [-0.2, 0) is 11.4 Å². The van der Waals surface area contributed by atoms with Crippen molar-refractivity contribution in [2.75, 3.05) is 6.54 Å². The van der Waals surface area contributed by atoms with Crippen LogP contribution < -0.4 is 4.74 Å². The van der Waals surface area contributed by atoms with E-state index >= 15 is 0 Å². The van der Waals surface area contributed by atoms with Crippen molar-refractivity contribution in [2.45, 2.75) is 38.7 Å². The minimum atomic E-state index is -0.161. The molecule has 0 N–H and O–H groups in total. The van der Waals surface area contributed by atoms with Crippen LogP contribution in [0.1, 0.15) is 43.2 Å². The highest BCUT2D eigenvalue weighted by Crippen LogP contribution is 2.35. The van der Waals surface area contributed by atoms with Gasteiger partial charge in [-0.25, -0.2) is 0 Å². The van der Waals surface area contributed by atoms with Crippen molar-refractivity contribution in [3.63, 3.8) is 0 Å². The summed E-state index contributed by atoms with van der Waals surface area (Å²) in [6.45, 7) is 1.05. The molecule has 156 valence electrons. The van der Waals surface area contributed by atoms with Gasteiger partial charge in [0.15, 0.2) is 0 Å². The van der Waals surface area contributed by atoms with Gasteiger partial charge in [0.05, 0.1) is 4.91 Å². The molecule has 1 aliphatic carbocycles. The van der Waals surface area contributed by atoms with E-state index < -0.39 is 0 Å². The summed E-state index contributed by atoms with van der Waals surface area (Å²) >= 11 is 4.47. The Morgan fingerprint density at radius 1 is 1.00 bits per heavy atom. The fourth-order valence-electron chi connectivity index (χ4n) is 3.84. The monoisotopic (exact) mass is 485 g/mol. The second kappa shape index (κ2) is 9.84. The van der Waals surface area contributed by atoms with Crippen LogP contribution in [0.25, 0.3) is 6.08 Å². The highest BCUT2D eigenvalue weighted by Gasteiger charge is 2.36. The topological polar surface area (TPSA) is 46.6 Å². The number of amides is 2. The lowest BCUT2D eigenvalue weighted by molar-refractivity contribution is -0.123. The first-order chi connectivity index (χ1) is 14.6. The maximum absolute atomic E-state index is 12.7. The van der Waals surface area contributed by atoms with Crippen LogP contribution in [0, 0.1) is 5.92 Å². The van der Waals surface area contributed by atoms with E-state index in [2.05, 4.69) is 15.9 Å². The van der Waals surface area contributed by atoms with Crippen LogP contribution >= 0.6 is 27.7 Å². The predicted molar refractivity (Wildman–Crippen MR) is 124 cm³/mol. The Labute approximate surface area is 189 Å². The van der Waals surface area contributed by atoms with E-state index in [1.165, 1.54) is 24.2 Å². The van der Waals surface area contributed by atoms with E-state index in [4.69, 9.17) is 4.74 Å². The van der Waals surface area contributed by atoms with E-state index in [0.29, 0.717) is 24.0 Å². The molecule has 0 atom stereocenters. The average Bonchev–Trinajstić information content (AvgIpc) is 3.02. The van der Waals surface area contributed by atoms with Gasteiger partial charge in [0.25, 0.3) is 11.1 Å². The molecular formula is C24H24BrNO3S. The number of benzene rings is 2. The number of halogens is 1. The summed E-state index contributed by atoms with van der Waals surface area (Å²) in [6, 6.07) is 15.6. The number of imide groups is 1. The summed E-state index contributed by atoms with van der Waals surface area (Å²) in [5, 5.41) is -0.147. The fraction of sp³-hybridized carbons (Fsp3) is 0.333. The third-order valence-corrected chi connectivity index (χ3v) is 6.97. The maximum Gasteiger partial charge on any atom is 0.293 e. The lowest BCUT2D eigenvalue weighted by atomic mass is 9.89. The third-order valence-electron chi connectivity index (χ3n) is 5.54. The van der Waals surface area contributed by atoms with Crippen molar-refractivity contribution in [2.24, 2.45) is 5.92 Å². The molecule has 2 amide bonds. The second-order valence-corrected chi connectivity index (χ2v) is 9.69. The molecule has 2 fully saturated rings. The van der Waals surface area contributed by atoms with Crippen LogP contribution in [0.3, 0.4) is 0 Å². The number of nitrogens with zero attached hydrogens (tertiary/aromatic N) is 1. The van der Waals surface area contributed by atoms with Crippen LogP contribution in [0.4, 0.5) is 4.79 Å². The summed E-state index contributed by atoms with van der Waals surface area (Å²) in [5.41, 5.74) is 1.98. The van der Waals surface area contributed by atoms with E-state index in [0.717, 1.165) is 46.0 Å². The van der Waals surface area contributed by atoms with Crippen molar-refractivity contribution in [1.82, 2.24) is 4.90 Å².